The summed E-state index contributed by atoms with van der Waals surface area (Å²) >= 11 is 0. The molecule has 2 aliphatic heterocycles. The summed E-state index contributed by atoms with van der Waals surface area (Å²) in [7, 11) is 0. The van der Waals surface area contributed by atoms with Crippen LogP contribution in [-0.4, -0.2) is 33.5 Å². The zero-order valence-corrected chi connectivity index (χ0v) is 13.1. The molecule has 2 aromatic rings. The van der Waals surface area contributed by atoms with Crippen molar-refractivity contribution in [2.24, 2.45) is 0 Å². The number of alkyl halides is 3. The van der Waals surface area contributed by atoms with Gasteiger partial charge in [-0.2, -0.15) is 13.2 Å². The first kappa shape index (κ1) is 15.7. The van der Waals surface area contributed by atoms with E-state index in [4.69, 9.17) is 4.74 Å². The summed E-state index contributed by atoms with van der Waals surface area (Å²) in [6.45, 7) is 0.815. The number of ether oxygens (including phenoxy) is 1. The quantitative estimate of drug-likeness (QED) is 0.795. The third kappa shape index (κ3) is 2.88. The number of aromatic nitrogens is 2. The van der Waals surface area contributed by atoms with Crippen molar-refractivity contribution in [1.29, 1.82) is 0 Å². The highest BCUT2D eigenvalue weighted by molar-refractivity contribution is 5.99. The predicted octanol–water partition coefficient (Wildman–Crippen LogP) is 2.72. The molecule has 2 aliphatic rings. The summed E-state index contributed by atoms with van der Waals surface area (Å²) in [5.41, 5.74) is 0.371. The molecule has 5 nitrogen and oxygen atoms in total. The van der Waals surface area contributed by atoms with E-state index in [0.29, 0.717) is 17.9 Å². The highest BCUT2D eigenvalue weighted by atomic mass is 19.4. The molecule has 1 aromatic heterocycles. The van der Waals surface area contributed by atoms with Gasteiger partial charge in [0, 0.05) is 24.8 Å². The first-order valence-corrected chi connectivity index (χ1v) is 7.77. The van der Waals surface area contributed by atoms with Crippen LogP contribution in [0, 0.1) is 0 Å². The Balaban J connectivity index is 1.55. The molecule has 130 valence electrons. The highest BCUT2D eigenvalue weighted by Crippen LogP contribution is 2.30. The minimum absolute atomic E-state index is 0.0495. The standard InChI is InChI=1S/C17H14F3N3O2/c18-17(19,20)14-8-22-5-6-23(9-15(22)21-14)16(24)12-7-11-3-1-2-4-13(11)25-10-12/h1-4,7-8H,5-6,9-10H2. The van der Waals surface area contributed by atoms with Crippen molar-refractivity contribution in [2.75, 3.05) is 13.2 Å². The van der Waals surface area contributed by atoms with Crippen LogP contribution < -0.4 is 4.74 Å². The topological polar surface area (TPSA) is 47.4 Å². The van der Waals surface area contributed by atoms with Crippen LogP contribution in [0.2, 0.25) is 0 Å². The monoisotopic (exact) mass is 349 g/mol. The van der Waals surface area contributed by atoms with E-state index in [9.17, 15) is 18.0 Å². The molecule has 1 amide bonds. The molecule has 1 aromatic carbocycles. The largest absolute Gasteiger partial charge is 0.488 e. The summed E-state index contributed by atoms with van der Waals surface area (Å²) in [6.07, 6.45) is -1.72. The third-order valence-electron chi connectivity index (χ3n) is 4.29. The van der Waals surface area contributed by atoms with E-state index in [0.717, 1.165) is 11.8 Å². The molecule has 0 fully saturated rings. The summed E-state index contributed by atoms with van der Waals surface area (Å²) < 4.78 is 45.4. The van der Waals surface area contributed by atoms with Crippen LogP contribution in [0.3, 0.4) is 0 Å². The van der Waals surface area contributed by atoms with Gasteiger partial charge in [0.25, 0.3) is 5.91 Å². The van der Waals surface area contributed by atoms with E-state index < -0.39 is 11.9 Å². The number of hydrogen-bond donors (Lipinski definition) is 0. The molecule has 0 unspecified atom stereocenters. The number of carbonyl (C=O) groups excluding carboxylic acids is 1. The zero-order valence-electron chi connectivity index (χ0n) is 13.1. The Kier molecular flexibility index (Phi) is 3.55. The van der Waals surface area contributed by atoms with E-state index in [-0.39, 0.29) is 31.4 Å². The summed E-state index contributed by atoms with van der Waals surface area (Å²) in [5.74, 6) is 0.713. The zero-order chi connectivity index (χ0) is 17.6. The molecular formula is C17H14F3N3O2. The minimum atomic E-state index is -4.48. The van der Waals surface area contributed by atoms with Gasteiger partial charge < -0.3 is 14.2 Å². The van der Waals surface area contributed by atoms with Crippen LogP contribution >= 0.6 is 0 Å². The fourth-order valence-electron chi connectivity index (χ4n) is 3.00. The van der Waals surface area contributed by atoms with Gasteiger partial charge in [-0.05, 0) is 12.1 Å². The Labute approximate surface area is 141 Å². The lowest BCUT2D eigenvalue weighted by molar-refractivity contribution is -0.141. The number of halogens is 3. The first-order chi connectivity index (χ1) is 11.9. The van der Waals surface area contributed by atoms with Gasteiger partial charge in [-0.25, -0.2) is 4.98 Å². The average Bonchev–Trinajstić information content (AvgIpc) is 3.04. The van der Waals surface area contributed by atoms with E-state index in [1.54, 1.807) is 6.08 Å². The number of carbonyl (C=O) groups is 1. The maximum atomic E-state index is 12.8. The Bertz CT molecular complexity index is 870. The van der Waals surface area contributed by atoms with Gasteiger partial charge in [0.05, 0.1) is 12.1 Å². The van der Waals surface area contributed by atoms with Crippen molar-refractivity contribution in [3.05, 3.63) is 53.1 Å². The fraction of sp³-hybridized carbons (Fsp3) is 0.294. The Morgan fingerprint density at radius 3 is 2.80 bits per heavy atom. The molecule has 4 rings (SSSR count). The number of rotatable bonds is 1. The van der Waals surface area contributed by atoms with Gasteiger partial charge in [-0.1, -0.05) is 18.2 Å². The van der Waals surface area contributed by atoms with Crippen LogP contribution in [-0.2, 0) is 24.1 Å². The molecule has 25 heavy (non-hydrogen) atoms. The molecule has 0 radical (unpaired) electrons. The maximum absolute atomic E-state index is 12.8. The van der Waals surface area contributed by atoms with Crippen molar-refractivity contribution in [2.45, 2.75) is 19.3 Å². The Morgan fingerprint density at radius 2 is 2.00 bits per heavy atom. The predicted molar refractivity (Wildman–Crippen MR) is 82.6 cm³/mol. The van der Waals surface area contributed by atoms with Crippen LogP contribution in [0.15, 0.2) is 36.0 Å². The lowest BCUT2D eigenvalue weighted by Crippen LogP contribution is -2.40. The normalized spacial score (nSPS) is 16.6. The Morgan fingerprint density at radius 1 is 1.20 bits per heavy atom. The number of nitrogens with zero attached hydrogens (tertiary/aromatic N) is 3. The van der Waals surface area contributed by atoms with Crippen LogP contribution in [0.1, 0.15) is 17.1 Å². The minimum Gasteiger partial charge on any atom is -0.488 e. The van der Waals surface area contributed by atoms with Gasteiger partial charge in [0.1, 0.15) is 18.2 Å². The van der Waals surface area contributed by atoms with Crippen LogP contribution in [0.25, 0.3) is 6.08 Å². The number of benzene rings is 1. The SMILES string of the molecule is O=C(C1=Cc2ccccc2OC1)N1CCn2cc(C(F)(F)F)nc2C1. The second-order valence-corrected chi connectivity index (χ2v) is 5.96. The molecule has 0 spiro atoms. The van der Waals surface area contributed by atoms with Crippen molar-refractivity contribution >= 4 is 12.0 Å². The summed E-state index contributed by atoms with van der Waals surface area (Å²) in [6, 6.07) is 7.37. The molecule has 0 N–H and O–H groups in total. The van der Waals surface area contributed by atoms with Crippen molar-refractivity contribution < 1.29 is 22.7 Å². The number of amides is 1. The second kappa shape index (κ2) is 5.65. The van der Waals surface area contributed by atoms with E-state index >= 15 is 0 Å². The summed E-state index contributed by atoms with van der Waals surface area (Å²) in [4.78, 5) is 17.8. The van der Waals surface area contributed by atoms with Gasteiger partial charge >= 0.3 is 6.18 Å². The van der Waals surface area contributed by atoms with Crippen molar-refractivity contribution in [3.63, 3.8) is 0 Å². The molecule has 8 heteroatoms. The number of hydrogen-bond acceptors (Lipinski definition) is 3. The van der Waals surface area contributed by atoms with Crippen molar-refractivity contribution in [3.8, 4) is 5.75 Å². The van der Waals surface area contributed by atoms with E-state index in [1.807, 2.05) is 24.3 Å². The lowest BCUT2D eigenvalue weighted by Gasteiger charge is -2.29. The molecular weight excluding hydrogens is 335 g/mol. The second-order valence-electron chi connectivity index (χ2n) is 5.96. The van der Waals surface area contributed by atoms with Crippen LogP contribution in [0.5, 0.6) is 5.75 Å². The maximum Gasteiger partial charge on any atom is 0.434 e. The molecule has 0 bridgehead atoms. The molecule has 3 heterocycles. The van der Waals surface area contributed by atoms with E-state index in [2.05, 4.69) is 4.98 Å². The van der Waals surface area contributed by atoms with E-state index in [1.165, 1.54) is 9.47 Å². The molecule has 0 saturated carbocycles. The van der Waals surface area contributed by atoms with Gasteiger partial charge in [0.2, 0.25) is 0 Å². The molecule has 0 atom stereocenters. The van der Waals surface area contributed by atoms with Crippen LogP contribution in [0.4, 0.5) is 13.2 Å². The van der Waals surface area contributed by atoms with Gasteiger partial charge in [-0.15, -0.1) is 0 Å². The number of imidazole rings is 1. The fourth-order valence-corrected chi connectivity index (χ4v) is 3.00. The summed E-state index contributed by atoms with van der Waals surface area (Å²) in [5, 5.41) is 0. The third-order valence-corrected chi connectivity index (χ3v) is 4.29. The molecule has 0 aliphatic carbocycles. The highest BCUT2D eigenvalue weighted by Gasteiger charge is 2.36. The van der Waals surface area contributed by atoms with Gasteiger partial charge in [0.15, 0.2) is 5.69 Å². The average molecular weight is 349 g/mol. The smallest absolute Gasteiger partial charge is 0.434 e. The Hall–Kier alpha value is -2.77. The van der Waals surface area contributed by atoms with Gasteiger partial charge in [-0.3, -0.25) is 4.79 Å². The number of fused-ring (bicyclic) bond motifs is 2. The lowest BCUT2D eigenvalue weighted by atomic mass is 10.1. The van der Waals surface area contributed by atoms with Crippen molar-refractivity contribution in [1.82, 2.24) is 14.5 Å². The number of para-hydroxylation sites is 1. The first-order valence-electron chi connectivity index (χ1n) is 7.77. The molecule has 0 saturated heterocycles.